The maximum absolute atomic E-state index is 13.2. The average molecular weight is 569 g/mol. The highest BCUT2D eigenvalue weighted by molar-refractivity contribution is 7.99. The van der Waals surface area contributed by atoms with E-state index >= 15 is 0 Å². The molecule has 0 N–H and O–H groups in total. The van der Waals surface area contributed by atoms with Gasteiger partial charge in [-0.25, -0.2) is 4.98 Å². The Morgan fingerprint density at radius 3 is 2.27 bits per heavy atom. The normalized spacial score (nSPS) is 14.2. The summed E-state index contributed by atoms with van der Waals surface area (Å²) in [6.45, 7) is 9.57. The Labute approximate surface area is 242 Å². The molecule has 5 aromatic rings. The van der Waals surface area contributed by atoms with Gasteiger partial charge in [0.15, 0.2) is 16.1 Å². The van der Waals surface area contributed by atoms with Crippen LogP contribution in [0.4, 0.5) is 5.13 Å². The smallest absolute Gasteiger partial charge is 0.233 e. The van der Waals surface area contributed by atoms with Gasteiger partial charge in [0.05, 0.1) is 16.0 Å². The predicted molar refractivity (Wildman–Crippen MR) is 165 cm³/mol. The maximum Gasteiger partial charge on any atom is 0.233 e. The molecule has 3 aromatic carbocycles. The van der Waals surface area contributed by atoms with E-state index in [1.165, 1.54) is 22.0 Å². The van der Waals surface area contributed by atoms with Crippen LogP contribution in [-0.4, -0.2) is 62.5 Å². The number of para-hydroxylation sites is 2. The number of thioether (sulfide) groups is 1. The third-order valence-corrected chi connectivity index (χ3v) is 9.18. The number of rotatable bonds is 6. The lowest BCUT2D eigenvalue weighted by molar-refractivity contribution is -0.128. The number of benzene rings is 3. The lowest BCUT2D eigenvalue weighted by atomic mass is 9.87. The Balaban J connectivity index is 1.15. The molecule has 1 aliphatic heterocycles. The van der Waals surface area contributed by atoms with E-state index in [0.717, 1.165) is 40.8 Å². The van der Waals surface area contributed by atoms with E-state index in [9.17, 15) is 4.79 Å². The second kappa shape index (κ2) is 11.1. The minimum absolute atomic E-state index is 0.0763. The van der Waals surface area contributed by atoms with Gasteiger partial charge in [0.2, 0.25) is 5.91 Å². The summed E-state index contributed by atoms with van der Waals surface area (Å²) in [5, 5.41) is 10.8. The summed E-state index contributed by atoms with van der Waals surface area (Å²) in [7, 11) is 0. The van der Waals surface area contributed by atoms with E-state index in [1.54, 1.807) is 11.3 Å². The third kappa shape index (κ3) is 5.48. The van der Waals surface area contributed by atoms with E-state index in [1.807, 2.05) is 53.4 Å². The quantitative estimate of drug-likeness (QED) is 0.225. The fraction of sp³-hybridized carbons (Fsp3) is 0.290. The van der Waals surface area contributed by atoms with Gasteiger partial charge in [-0.1, -0.05) is 98.5 Å². The zero-order valence-corrected chi connectivity index (χ0v) is 24.6. The molecule has 40 heavy (non-hydrogen) atoms. The molecule has 6 rings (SSSR count). The zero-order chi connectivity index (χ0) is 27.7. The molecule has 0 radical (unpaired) electrons. The molecule has 0 bridgehead atoms. The van der Waals surface area contributed by atoms with Gasteiger partial charge in [-0.2, -0.15) is 0 Å². The zero-order valence-electron chi connectivity index (χ0n) is 22.9. The summed E-state index contributed by atoms with van der Waals surface area (Å²) in [4.78, 5) is 22.2. The standard InChI is InChI=1S/C31H32N6OS2/c1-31(2,3)23-15-13-22(14-16-23)28-33-34-30(37(28)24-9-5-4-6-10-24)39-21-27(38)35-17-19-36(20-18-35)29-32-25-11-7-8-12-26(25)40-29/h4-16H,17-21H2,1-3H3. The highest BCUT2D eigenvalue weighted by Crippen LogP contribution is 2.31. The molecular formula is C31H32N6OS2. The Bertz CT molecular complexity index is 1580. The number of hydrogen-bond acceptors (Lipinski definition) is 7. The lowest BCUT2D eigenvalue weighted by Crippen LogP contribution is -2.49. The van der Waals surface area contributed by atoms with Crippen LogP contribution in [0.3, 0.4) is 0 Å². The number of thiazole rings is 1. The summed E-state index contributed by atoms with van der Waals surface area (Å²) < 4.78 is 3.24. The van der Waals surface area contributed by atoms with E-state index < -0.39 is 0 Å². The van der Waals surface area contributed by atoms with Gasteiger partial charge < -0.3 is 9.80 Å². The van der Waals surface area contributed by atoms with Crippen molar-refractivity contribution in [1.82, 2.24) is 24.6 Å². The topological polar surface area (TPSA) is 67.2 Å². The van der Waals surface area contributed by atoms with Gasteiger partial charge in [0, 0.05) is 37.4 Å². The molecule has 3 heterocycles. The Morgan fingerprint density at radius 2 is 1.57 bits per heavy atom. The van der Waals surface area contributed by atoms with Crippen molar-refractivity contribution in [3.8, 4) is 17.1 Å². The molecule has 204 valence electrons. The Hall–Kier alpha value is -3.69. The molecule has 1 saturated heterocycles. The number of carbonyl (C=O) groups is 1. The molecule has 1 amide bonds. The highest BCUT2D eigenvalue weighted by atomic mass is 32.2. The summed E-state index contributed by atoms with van der Waals surface area (Å²) in [5.74, 6) is 1.20. The molecule has 0 spiro atoms. The number of nitrogens with zero attached hydrogens (tertiary/aromatic N) is 6. The van der Waals surface area contributed by atoms with Crippen molar-refractivity contribution in [2.75, 3.05) is 36.8 Å². The SMILES string of the molecule is CC(C)(C)c1ccc(-c2nnc(SCC(=O)N3CCN(c4nc5ccccc5s4)CC3)n2-c2ccccc2)cc1. The van der Waals surface area contributed by atoms with Crippen LogP contribution in [0.5, 0.6) is 0 Å². The second-order valence-electron chi connectivity index (χ2n) is 10.9. The van der Waals surface area contributed by atoms with Gasteiger partial charge in [0.1, 0.15) is 0 Å². The first-order valence-electron chi connectivity index (χ1n) is 13.5. The third-order valence-electron chi connectivity index (χ3n) is 7.17. The van der Waals surface area contributed by atoms with Gasteiger partial charge >= 0.3 is 0 Å². The molecule has 7 nitrogen and oxygen atoms in total. The van der Waals surface area contributed by atoms with Crippen LogP contribution in [0, 0.1) is 0 Å². The summed E-state index contributed by atoms with van der Waals surface area (Å²) in [5.41, 5.74) is 4.34. The molecule has 0 unspecified atom stereocenters. The van der Waals surface area contributed by atoms with Crippen LogP contribution >= 0.6 is 23.1 Å². The molecule has 0 atom stereocenters. The van der Waals surface area contributed by atoms with Crippen LogP contribution < -0.4 is 4.90 Å². The van der Waals surface area contributed by atoms with Crippen molar-refractivity contribution in [3.63, 3.8) is 0 Å². The number of anilines is 1. The van der Waals surface area contributed by atoms with Crippen molar-refractivity contribution >= 4 is 44.4 Å². The minimum Gasteiger partial charge on any atom is -0.345 e. The molecule has 0 aliphatic carbocycles. The number of piperazine rings is 1. The summed E-state index contributed by atoms with van der Waals surface area (Å²) in [6.07, 6.45) is 0. The van der Waals surface area contributed by atoms with E-state index in [2.05, 4.69) is 70.8 Å². The van der Waals surface area contributed by atoms with Crippen molar-refractivity contribution in [1.29, 1.82) is 0 Å². The fourth-order valence-electron chi connectivity index (χ4n) is 4.84. The van der Waals surface area contributed by atoms with Crippen LogP contribution in [0.2, 0.25) is 0 Å². The second-order valence-corrected chi connectivity index (χ2v) is 12.9. The molecule has 2 aromatic heterocycles. The number of hydrogen-bond donors (Lipinski definition) is 0. The van der Waals surface area contributed by atoms with Crippen molar-refractivity contribution in [2.45, 2.75) is 31.3 Å². The van der Waals surface area contributed by atoms with Gasteiger partial charge in [0.25, 0.3) is 0 Å². The largest absolute Gasteiger partial charge is 0.345 e. The Morgan fingerprint density at radius 1 is 0.875 bits per heavy atom. The molecule has 0 saturated carbocycles. The monoisotopic (exact) mass is 568 g/mol. The fourth-order valence-corrected chi connectivity index (χ4v) is 6.71. The van der Waals surface area contributed by atoms with Crippen molar-refractivity contribution < 1.29 is 4.79 Å². The average Bonchev–Trinajstić information content (AvgIpc) is 3.61. The number of aromatic nitrogens is 4. The predicted octanol–water partition coefficient (Wildman–Crippen LogP) is 6.28. The van der Waals surface area contributed by atoms with Crippen LogP contribution in [0.1, 0.15) is 26.3 Å². The van der Waals surface area contributed by atoms with E-state index in [0.29, 0.717) is 24.0 Å². The first kappa shape index (κ1) is 26.5. The molecular weight excluding hydrogens is 537 g/mol. The molecule has 1 aliphatic rings. The highest BCUT2D eigenvalue weighted by Gasteiger charge is 2.25. The maximum atomic E-state index is 13.2. The van der Waals surface area contributed by atoms with Gasteiger partial charge in [-0.3, -0.25) is 9.36 Å². The van der Waals surface area contributed by atoms with Crippen molar-refractivity contribution in [2.24, 2.45) is 0 Å². The number of carbonyl (C=O) groups excluding carboxylic acids is 1. The summed E-state index contributed by atoms with van der Waals surface area (Å²) in [6, 6.07) is 26.8. The van der Waals surface area contributed by atoms with Crippen molar-refractivity contribution in [3.05, 3.63) is 84.4 Å². The molecule has 9 heteroatoms. The lowest BCUT2D eigenvalue weighted by Gasteiger charge is -2.34. The first-order chi connectivity index (χ1) is 19.4. The minimum atomic E-state index is 0.0763. The first-order valence-corrected chi connectivity index (χ1v) is 15.3. The molecule has 1 fully saturated rings. The van der Waals surface area contributed by atoms with E-state index in [-0.39, 0.29) is 11.3 Å². The Kier molecular flexibility index (Phi) is 7.33. The van der Waals surface area contributed by atoms with Crippen LogP contribution in [0.25, 0.3) is 27.3 Å². The number of fused-ring (bicyclic) bond motifs is 1. The number of amides is 1. The van der Waals surface area contributed by atoms with Gasteiger partial charge in [-0.05, 0) is 35.2 Å². The van der Waals surface area contributed by atoms with Crippen LogP contribution in [-0.2, 0) is 10.2 Å². The van der Waals surface area contributed by atoms with E-state index in [4.69, 9.17) is 4.98 Å². The summed E-state index contributed by atoms with van der Waals surface area (Å²) >= 11 is 3.15. The van der Waals surface area contributed by atoms with Crippen LogP contribution in [0.15, 0.2) is 84.0 Å². The van der Waals surface area contributed by atoms with Gasteiger partial charge in [-0.15, -0.1) is 10.2 Å².